The highest BCUT2D eigenvalue weighted by Gasteiger charge is 2.72. The molecule has 0 spiro atoms. The van der Waals surface area contributed by atoms with Crippen LogP contribution in [0, 0.1) is 17.3 Å². The number of nitrogens with zero attached hydrogens (tertiary/aromatic N) is 4. The van der Waals surface area contributed by atoms with Gasteiger partial charge < -0.3 is 19.7 Å². The van der Waals surface area contributed by atoms with Crippen LogP contribution in [-0.2, 0) is 38.4 Å². The summed E-state index contributed by atoms with van der Waals surface area (Å²) in [5.41, 5.74) is -0.169. The lowest BCUT2D eigenvalue weighted by atomic mass is 10.1. The molecule has 2 N–H and O–H groups in total. The first kappa shape index (κ1) is 30.9. The number of halogens is 6. The maximum Gasteiger partial charge on any atom is 0.490 e. The molecule has 232 valence electrons. The molecule has 3 aromatic heterocycles. The van der Waals surface area contributed by atoms with Crippen molar-refractivity contribution in [1.29, 1.82) is 0 Å². The molecule has 3 aromatic rings. The van der Waals surface area contributed by atoms with Gasteiger partial charge in [0.1, 0.15) is 5.82 Å². The van der Waals surface area contributed by atoms with Crippen LogP contribution in [0.1, 0.15) is 24.4 Å². The third-order valence-electron chi connectivity index (χ3n) is 7.62. The number of ether oxygens (including phenoxy) is 1. The highest BCUT2D eigenvalue weighted by atomic mass is 32.1. The molecule has 2 saturated heterocycles. The third kappa shape index (κ3) is 5.97. The van der Waals surface area contributed by atoms with Gasteiger partial charge in [-0.25, -0.2) is 9.78 Å². The summed E-state index contributed by atoms with van der Waals surface area (Å²) in [6.45, 7) is 5.92. The number of carbonyl (C=O) groups excluding carboxylic acids is 2. The highest BCUT2D eigenvalue weighted by Crippen LogP contribution is 2.63. The minimum absolute atomic E-state index is 0.130. The molecule has 0 bridgehead atoms. The van der Waals surface area contributed by atoms with E-state index < -0.39 is 24.0 Å². The number of morpholine rings is 1. The van der Waals surface area contributed by atoms with Crippen molar-refractivity contribution < 1.29 is 50.6 Å². The van der Waals surface area contributed by atoms with Crippen molar-refractivity contribution in [2.24, 2.45) is 17.3 Å². The molecule has 2 amide bonds. The number of carboxylic acids is 1. The zero-order chi connectivity index (χ0) is 31.5. The molecule has 17 heteroatoms. The molecule has 10 nitrogen and oxygen atoms in total. The van der Waals surface area contributed by atoms with Crippen molar-refractivity contribution in [1.82, 2.24) is 24.8 Å². The van der Waals surface area contributed by atoms with E-state index >= 15 is 0 Å². The Kier molecular flexibility index (Phi) is 7.79. The number of pyridine rings is 1. The van der Waals surface area contributed by atoms with Crippen LogP contribution in [-0.4, -0.2) is 74.3 Å². The largest absolute Gasteiger partial charge is 0.490 e. The molecule has 2 aliphatic heterocycles. The number of hydrogen-bond donors (Lipinski definition) is 2. The number of imide groups is 1. The van der Waals surface area contributed by atoms with E-state index in [2.05, 4.69) is 15.3 Å². The Bertz CT molecular complexity index is 1550. The Labute approximate surface area is 243 Å². The molecular formula is C26H25F6N5O5S. The van der Waals surface area contributed by atoms with Crippen LogP contribution < -0.4 is 5.32 Å². The SMILES string of the molecule is CC1(C)C2C(=O)N(Cc3cc4nccc(-c5nc(C(F)(F)F)cn5CC5CNCCO5)c4s3)C(=O)C21.O=C(O)C(F)(F)F. The van der Waals surface area contributed by atoms with Gasteiger partial charge >= 0.3 is 18.3 Å². The molecule has 3 aliphatic rings. The van der Waals surface area contributed by atoms with Crippen molar-refractivity contribution >= 4 is 39.3 Å². The van der Waals surface area contributed by atoms with E-state index in [4.69, 9.17) is 14.6 Å². The van der Waals surface area contributed by atoms with E-state index in [0.717, 1.165) is 11.1 Å². The Morgan fingerprint density at radius 2 is 1.84 bits per heavy atom. The highest BCUT2D eigenvalue weighted by molar-refractivity contribution is 7.19. The number of fused-ring (bicyclic) bond motifs is 2. The minimum atomic E-state index is -5.08. The van der Waals surface area contributed by atoms with Gasteiger partial charge in [0.05, 0.1) is 47.9 Å². The first-order valence-corrected chi connectivity index (χ1v) is 13.8. The van der Waals surface area contributed by atoms with Crippen LogP contribution in [0.3, 0.4) is 0 Å². The number of thiophene rings is 1. The zero-order valence-electron chi connectivity index (χ0n) is 22.6. The van der Waals surface area contributed by atoms with Crippen molar-refractivity contribution in [3.8, 4) is 11.4 Å². The van der Waals surface area contributed by atoms with Gasteiger partial charge in [-0.2, -0.15) is 26.3 Å². The molecule has 3 atom stereocenters. The summed E-state index contributed by atoms with van der Waals surface area (Å²) in [5, 5.41) is 10.3. The predicted octanol–water partition coefficient (Wildman–Crippen LogP) is 3.94. The van der Waals surface area contributed by atoms with E-state index in [1.54, 1.807) is 12.1 Å². The monoisotopic (exact) mass is 633 g/mol. The van der Waals surface area contributed by atoms with E-state index in [-0.39, 0.29) is 54.1 Å². The number of hydrogen-bond acceptors (Lipinski definition) is 8. The topological polar surface area (TPSA) is 127 Å². The van der Waals surface area contributed by atoms with Crippen molar-refractivity contribution in [2.45, 2.75) is 45.4 Å². The van der Waals surface area contributed by atoms with Crippen molar-refractivity contribution in [2.75, 3.05) is 19.7 Å². The van der Waals surface area contributed by atoms with Crippen molar-refractivity contribution in [3.63, 3.8) is 0 Å². The number of amides is 2. The second-order valence-corrected chi connectivity index (χ2v) is 12.1. The fourth-order valence-electron chi connectivity index (χ4n) is 5.42. The lowest BCUT2D eigenvalue weighted by molar-refractivity contribution is -0.192. The van der Waals surface area contributed by atoms with E-state index in [0.29, 0.717) is 35.5 Å². The molecule has 0 aromatic carbocycles. The average molecular weight is 634 g/mol. The van der Waals surface area contributed by atoms with Crippen LogP contribution in [0.15, 0.2) is 24.5 Å². The number of piperidine rings is 1. The lowest BCUT2D eigenvalue weighted by Crippen LogP contribution is -2.40. The first-order valence-electron chi connectivity index (χ1n) is 13.0. The Morgan fingerprint density at radius 1 is 1.19 bits per heavy atom. The van der Waals surface area contributed by atoms with Gasteiger partial charge in [-0.05, 0) is 17.5 Å². The fraction of sp³-hybridized carbons (Fsp3) is 0.500. The number of aliphatic carboxylic acids is 1. The molecule has 43 heavy (non-hydrogen) atoms. The quantitative estimate of drug-likeness (QED) is 0.320. The molecule has 3 fully saturated rings. The van der Waals surface area contributed by atoms with Gasteiger partial charge in [-0.15, -0.1) is 11.3 Å². The number of carboxylic acid groups (broad SMARTS) is 1. The number of alkyl halides is 6. The summed E-state index contributed by atoms with van der Waals surface area (Å²) in [4.78, 5) is 44.8. The maximum atomic E-state index is 13.6. The first-order chi connectivity index (χ1) is 20.0. The third-order valence-corrected chi connectivity index (χ3v) is 8.77. The second kappa shape index (κ2) is 10.9. The molecule has 1 aliphatic carbocycles. The Hall–Kier alpha value is -3.57. The van der Waals surface area contributed by atoms with Gasteiger partial charge in [0.25, 0.3) is 0 Å². The average Bonchev–Trinajstić information content (AvgIpc) is 3.28. The predicted molar refractivity (Wildman–Crippen MR) is 138 cm³/mol. The summed E-state index contributed by atoms with van der Waals surface area (Å²) in [6, 6.07) is 3.43. The zero-order valence-corrected chi connectivity index (χ0v) is 23.4. The van der Waals surface area contributed by atoms with E-state index in [1.165, 1.54) is 27.0 Å². The number of nitrogens with one attached hydrogen (secondary N) is 1. The number of rotatable bonds is 5. The molecule has 3 unspecified atom stereocenters. The number of aromatic nitrogens is 3. The Morgan fingerprint density at radius 3 is 2.40 bits per heavy atom. The number of carbonyl (C=O) groups is 3. The molecule has 6 rings (SSSR count). The van der Waals surface area contributed by atoms with Crippen LogP contribution in [0.2, 0.25) is 0 Å². The van der Waals surface area contributed by atoms with Gasteiger partial charge in [-0.1, -0.05) is 13.8 Å². The summed E-state index contributed by atoms with van der Waals surface area (Å²) in [6.07, 6.45) is -7.41. The van der Waals surface area contributed by atoms with Gasteiger partial charge in [-0.3, -0.25) is 19.5 Å². The molecule has 0 radical (unpaired) electrons. The van der Waals surface area contributed by atoms with Crippen LogP contribution in [0.5, 0.6) is 0 Å². The van der Waals surface area contributed by atoms with Gasteiger partial charge in [0.2, 0.25) is 11.8 Å². The van der Waals surface area contributed by atoms with E-state index in [1.807, 2.05) is 13.8 Å². The van der Waals surface area contributed by atoms with E-state index in [9.17, 15) is 35.9 Å². The van der Waals surface area contributed by atoms with Crippen LogP contribution in [0.25, 0.3) is 21.6 Å². The van der Waals surface area contributed by atoms with Gasteiger partial charge in [0, 0.05) is 35.9 Å². The molecule has 5 heterocycles. The summed E-state index contributed by atoms with van der Waals surface area (Å²) in [5.74, 6) is -3.43. The fourth-order valence-corrected chi connectivity index (χ4v) is 6.53. The normalized spacial score (nSPS) is 23.3. The smallest absolute Gasteiger partial charge is 0.475 e. The Balaban J connectivity index is 0.000000472. The van der Waals surface area contributed by atoms with Crippen LogP contribution in [0.4, 0.5) is 26.3 Å². The summed E-state index contributed by atoms with van der Waals surface area (Å²) in [7, 11) is 0. The molecular weight excluding hydrogens is 608 g/mol. The number of imidazole rings is 1. The standard InChI is InChI=1S/C24H24F3N5O3S.C2HF3O2/c1-23(2)17-18(23)22(34)32(21(17)33)10-13-7-15-19(36-13)14(3-4-29-15)20-30-16(24(25,26)27)11-31(20)9-12-8-28-5-6-35-12;3-2(4,5)1(6)7/h3-4,7,11-12,17-18,28H,5-6,8-10H2,1-2H3;(H,6,7). The number of likely N-dealkylation sites (tertiary alicyclic amines) is 1. The summed E-state index contributed by atoms with van der Waals surface area (Å²) >= 11 is 1.31. The maximum absolute atomic E-state index is 13.6. The van der Waals surface area contributed by atoms with Crippen molar-refractivity contribution in [3.05, 3.63) is 35.1 Å². The van der Waals surface area contributed by atoms with Crippen LogP contribution >= 0.6 is 11.3 Å². The van der Waals surface area contributed by atoms with Gasteiger partial charge in [0.15, 0.2) is 5.69 Å². The summed E-state index contributed by atoms with van der Waals surface area (Å²) < 4.78 is 80.3. The molecule has 1 saturated carbocycles. The lowest BCUT2D eigenvalue weighted by Gasteiger charge is -2.24. The second-order valence-electron chi connectivity index (χ2n) is 10.9. The minimum Gasteiger partial charge on any atom is -0.475 e.